The van der Waals surface area contributed by atoms with E-state index < -0.39 is 0 Å². The number of benzene rings is 1. The van der Waals surface area contributed by atoms with Crippen molar-refractivity contribution in [2.75, 3.05) is 6.61 Å². The summed E-state index contributed by atoms with van der Waals surface area (Å²) in [5.74, 6) is 0.991. The van der Waals surface area contributed by atoms with Gasteiger partial charge in [-0.25, -0.2) is 0 Å². The number of hydrogen-bond donors (Lipinski definition) is 0. The fourth-order valence-corrected chi connectivity index (χ4v) is 1.88. The van der Waals surface area contributed by atoms with Crippen LogP contribution in [0, 0.1) is 0 Å². The molecule has 0 saturated heterocycles. The number of hydrogen-bond acceptors (Lipinski definition) is 5. The zero-order valence-electron chi connectivity index (χ0n) is 14.1. The fourth-order valence-electron chi connectivity index (χ4n) is 1.88. The van der Waals surface area contributed by atoms with E-state index in [9.17, 15) is 9.59 Å². The zero-order valence-corrected chi connectivity index (χ0v) is 14.1. The van der Waals surface area contributed by atoms with Gasteiger partial charge in [0.1, 0.15) is 12.4 Å². The molecule has 0 unspecified atom stereocenters. The minimum Gasteiger partial charge on any atom is -0.489 e. The first-order chi connectivity index (χ1) is 12.8. The van der Waals surface area contributed by atoms with Crippen molar-refractivity contribution < 1.29 is 4.74 Å². The van der Waals surface area contributed by atoms with Crippen molar-refractivity contribution in [2.24, 2.45) is 0 Å². The summed E-state index contributed by atoms with van der Waals surface area (Å²) < 4.78 is 5.34. The van der Waals surface area contributed by atoms with Crippen molar-refractivity contribution >= 4 is 6.08 Å². The van der Waals surface area contributed by atoms with E-state index in [1.54, 1.807) is 36.7 Å². The van der Waals surface area contributed by atoms with Gasteiger partial charge in [0, 0.05) is 18.0 Å². The van der Waals surface area contributed by atoms with Gasteiger partial charge in [0.05, 0.1) is 12.4 Å². The third kappa shape index (κ3) is 7.31. The van der Waals surface area contributed by atoms with E-state index >= 15 is 0 Å². The molecular weight excluding hydrogens is 328 g/mol. The van der Waals surface area contributed by atoms with Crippen LogP contribution in [0.2, 0.25) is 0 Å². The highest BCUT2D eigenvalue weighted by Gasteiger charge is 2.01. The maximum atomic E-state index is 10.4. The van der Waals surface area contributed by atoms with Crippen LogP contribution in [-0.4, -0.2) is 16.6 Å². The van der Waals surface area contributed by atoms with E-state index in [2.05, 4.69) is 16.0 Å². The molecule has 26 heavy (non-hydrogen) atoms. The molecule has 3 heterocycles. The molecule has 0 amide bonds. The average Bonchev–Trinajstić information content (AvgIpc) is 3.07. The number of fused-ring (bicyclic) bond motifs is 1. The van der Waals surface area contributed by atoms with Crippen molar-refractivity contribution in [3.05, 3.63) is 118 Å². The molecule has 0 fully saturated rings. The normalized spacial score (nSPS) is 10.6. The largest absolute Gasteiger partial charge is 0.489 e. The standard InChI is InChI=1S/C9H8O.2C6H5NO/c1-2-6-9-8(4-1)5-3-7-10-9;2*8-6-3-1-2-4-7-5-6/h1-6H,7H2;2*1-5H. The molecule has 0 aliphatic carbocycles. The van der Waals surface area contributed by atoms with Gasteiger partial charge in [-0.3, -0.25) is 19.6 Å². The first-order valence-electron chi connectivity index (χ1n) is 7.95. The van der Waals surface area contributed by atoms with E-state index in [0.29, 0.717) is 6.61 Å². The van der Waals surface area contributed by atoms with Crippen molar-refractivity contribution in [2.45, 2.75) is 0 Å². The lowest BCUT2D eigenvalue weighted by atomic mass is 10.1. The Morgan fingerprint density at radius 1 is 0.731 bits per heavy atom. The fraction of sp³-hybridized carbons (Fsp3) is 0.0476. The SMILES string of the molecule is C1=Cc2ccccc2OC1.O=c1ccccnc1.O=c1ccccnc1. The molecule has 130 valence electrons. The summed E-state index contributed by atoms with van der Waals surface area (Å²) in [6, 6.07) is 17.7. The minimum atomic E-state index is -0.0602. The van der Waals surface area contributed by atoms with Crippen LogP contribution in [0.15, 0.2) is 101 Å². The molecule has 0 bridgehead atoms. The Morgan fingerprint density at radius 2 is 1.31 bits per heavy atom. The molecule has 5 nitrogen and oxygen atoms in total. The predicted molar refractivity (Wildman–Crippen MR) is 102 cm³/mol. The molecule has 2 aromatic heterocycles. The monoisotopic (exact) mass is 346 g/mol. The first kappa shape index (κ1) is 18.7. The summed E-state index contributed by atoms with van der Waals surface area (Å²) in [7, 11) is 0. The van der Waals surface area contributed by atoms with Gasteiger partial charge in [-0.1, -0.05) is 36.4 Å². The molecule has 0 saturated carbocycles. The van der Waals surface area contributed by atoms with E-state index in [1.165, 1.54) is 30.1 Å². The molecule has 1 aromatic carbocycles. The number of rotatable bonds is 0. The van der Waals surface area contributed by atoms with Crippen LogP contribution < -0.4 is 15.6 Å². The van der Waals surface area contributed by atoms with Crippen molar-refractivity contribution in [3.63, 3.8) is 0 Å². The molecule has 1 aliphatic rings. The summed E-state index contributed by atoms with van der Waals surface area (Å²) >= 11 is 0. The Labute approximate surface area is 151 Å². The molecule has 0 spiro atoms. The molecule has 0 N–H and O–H groups in total. The maximum Gasteiger partial charge on any atom is 0.196 e. The smallest absolute Gasteiger partial charge is 0.196 e. The highest BCUT2D eigenvalue weighted by Crippen LogP contribution is 2.21. The Bertz CT molecular complexity index is 864. The summed E-state index contributed by atoms with van der Waals surface area (Å²) in [6.45, 7) is 0.705. The molecule has 5 heteroatoms. The zero-order chi connectivity index (χ0) is 18.5. The van der Waals surface area contributed by atoms with Gasteiger partial charge < -0.3 is 4.74 Å². The highest BCUT2D eigenvalue weighted by atomic mass is 16.5. The minimum absolute atomic E-state index is 0.0602. The number of ether oxygens (including phenoxy) is 1. The number of aromatic nitrogens is 2. The predicted octanol–water partition coefficient (Wildman–Crippen LogP) is 2.98. The lowest BCUT2D eigenvalue weighted by Gasteiger charge is -2.10. The summed E-state index contributed by atoms with van der Waals surface area (Å²) in [5.41, 5.74) is 1.05. The quantitative estimate of drug-likeness (QED) is 0.626. The van der Waals surface area contributed by atoms with Crippen LogP contribution in [-0.2, 0) is 0 Å². The van der Waals surface area contributed by atoms with E-state index in [1.807, 2.05) is 30.3 Å². The van der Waals surface area contributed by atoms with Gasteiger partial charge >= 0.3 is 0 Å². The summed E-state index contributed by atoms with van der Waals surface area (Å²) in [6.07, 6.45) is 9.80. The Morgan fingerprint density at radius 3 is 1.92 bits per heavy atom. The molecule has 0 radical (unpaired) electrons. The van der Waals surface area contributed by atoms with Crippen LogP contribution >= 0.6 is 0 Å². The second-order valence-electron chi connectivity index (χ2n) is 5.01. The molecule has 0 atom stereocenters. The van der Waals surface area contributed by atoms with Gasteiger partial charge in [0.15, 0.2) is 10.9 Å². The van der Waals surface area contributed by atoms with Crippen LogP contribution in [0.4, 0.5) is 0 Å². The van der Waals surface area contributed by atoms with Gasteiger partial charge in [0.2, 0.25) is 0 Å². The highest BCUT2D eigenvalue weighted by molar-refractivity contribution is 5.58. The number of nitrogens with zero attached hydrogens (tertiary/aromatic N) is 2. The Hall–Kier alpha value is -3.60. The maximum absolute atomic E-state index is 10.4. The van der Waals surface area contributed by atoms with Gasteiger partial charge in [-0.2, -0.15) is 0 Å². The van der Waals surface area contributed by atoms with Crippen molar-refractivity contribution in [1.29, 1.82) is 0 Å². The van der Waals surface area contributed by atoms with Crippen LogP contribution in [0.25, 0.3) is 6.08 Å². The van der Waals surface area contributed by atoms with Crippen LogP contribution in [0.1, 0.15) is 5.56 Å². The summed E-state index contributed by atoms with van der Waals surface area (Å²) in [4.78, 5) is 28.1. The first-order valence-corrected chi connectivity index (χ1v) is 7.95. The van der Waals surface area contributed by atoms with Gasteiger partial charge in [0.25, 0.3) is 0 Å². The number of para-hydroxylation sites is 1. The molecular formula is C21H18N2O3. The average molecular weight is 346 g/mol. The third-order valence-electron chi connectivity index (χ3n) is 3.04. The molecule has 4 rings (SSSR count). The molecule has 3 aromatic rings. The van der Waals surface area contributed by atoms with E-state index in [0.717, 1.165) is 5.75 Å². The Kier molecular flexibility index (Phi) is 7.96. The van der Waals surface area contributed by atoms with Crippen molar-refractivity contribution in [1.82, 2.24) is 9.97 Å². The van der Waals surface area contributed by atoms with Crippen LogP contribution in [0.3, 0.4) is 0 Å². The Balaban J connectivity index is 0.000000142. The van der Waals surface area contributed by atoms with E-state index in [-0.39, 0.29) is 10.9 Å². The summed E-state index contributed by atoms with van der Waals surface area (Å²) in [5, 5.41) is 0. The molecule has 1 aliphatic heterocycles. The second kappa shape index (κ2) is 11.0. The van der Waals surface area contributed by atoms with Gasteiger partial charge in [-0.15, -0.1) is 0 Å². The second-order valence-corrected chi connectivity index (χ2v) is 5.01. The van der Waals surface area contributed by atoms with Crippen molar-refractivity contribution in [3.8, 4) is 5.75 Å². The van der Waals surface area contributed by atoms with E-state index in [4.69, 9.17) is 4.74 Å². The lowest BCUT2D eigenvalue weighted by Crippen LogP contribution is -1.98. The lowest BCUT2D eigenvalue weighted by molar-refractivity contribution is 0.358. The topological polar surface area (TPSA) is 69.2 Å². The van der Waals surface area contributed by atoms with Gasteiger partial charge in [-0.05, 0) is 36.4 Å². The van der Waals surface area contributed by atoms with Crippen LogP contribution in [0.5, 0.6) is 5.75 Å². The third-order valence-corrected chi connectivity index (χ3v) is 3.04.